The minimum absolute atomic E-state index is 0.294. The molecule has 0 atom stereocenters. The highest BCUT2D eigenvalue weighted by Crippen LogP contribution is 2.25. The smallest absolute Gasteiger partial charge is 0.340 e. The lowest BCUT2D eigenvalue weighted by atomic mass is 10.0. The summed E-state index contributed by atoms with van der Waals surface area (Å²) >= 11 is 0. The highest BCUT2D eigenvalue weighted by Gasteiger charge is 2.23. The average Bonchev–Trinajstić information content (AvgIpc) is 2.81. The van der Waals surface area contributed by atoms with E-state index in [-0.39, 0.29) is 5.97 Å². The van der Waals surface area contributed by atoms with Gasteiger partial charge in [0.05, 0.1) is 35.0 Å². The minimum atomic E-state index is -0.294. The summed E-state index contributed by atoms with van der Waals surface area (Å²) in [7, 11) is 0. The van der Waals surface area contributed by atoms with Crippen LogP contribution in [0.5, 0.6) is 0 Å². The fourth-order valence-electron chi connectivity index (χ4n) is 4.29. The van der Waals surface area contributed by atoms with Crippen molar-refractivity contribution in [3.8, 4) is 6.07 Å². The number of pyridine rings is 1. The maximum absolute atomic E-state index is 12.8. The van der Waals surface area contributed by atoms with Crippen molar-refractivity contribution in [1.82, 2.24) is 14.8 Å². The van der Waals surface area contributed by atoms with Crippen molar-refractivity contribution < 1.29 is 9.53 Å². The van der Waals surface area contributed by atoms with E-state index in [1.807, 2.05) is 62.4 Å². The van der Waals surface area contributed by atoms with Crippen LogP contribution >= 0.6 is 0 Å². The van der Waals surface area contributed by atoms with E-state index >= 15 is 0 Å². The molecule has 6 nitrogen and oxygen atoms in total. The molecular weight excluding hydrogens is 400 g/mol. The Morgan fingerprint density at radius 2 is 1.69 bits per heavy atom. The van der Waals surface area contributed by atoms with Gasteiger partial charge in [-0.25, -0.2) is 4.79 Å². The van der Waals surface area contributed by atoms with Crippen LogP contribution in [0.25, 0.3) is 10.9 Å². The van der Waals surface area contributed by atoms with Crippen LogP contribution in [-0.4, -0.2) is 53.5 Å². The maximum Gasteiger partial charge on any atom is 0.340 e. The molecule has 1 aliphatic heterocycles. The number of piperazine rings is 1. The molecule has 2 heterocycles. The van der Waals surface area contributed by atoms with Crippen molar-refractivity contribution in [1.29, 1.82) is 5.26 Å². The van der Waals surface area contributed by atoms with Crippen LogP contribution in [0.2, 0.25) is 0 Å². The zero-order valence-electron chi connectivity index (χ0n) is 18.7. The lowest BCUT2D eigenvalue weighted by Gasteiger charge is -2.34. The molecule has 1 saturated heterocycles. The summed E-state index contributed by atoms with van der Waals surface area (Å²) < 4.78 is 5.36. The van der Waals surface area contributed by atoms with Crippen molar-refractivity contribution in [3.05, 3.63) is 76.5 Å². The number of hydrogen-bond donors (Lipinski definition) is 0. The first-order valence-corrected chi connectivity index (χ1v) is 11.1. The Morgan fingerprint density at radius 3 is 2.34 bits per heavy atom. The van der Waals surface area contributed by atoms with Gasteiger partial charge in [-0.15, -0.1) is 0 Å². The molecule has 6 heteroatoms. The summed E-state index contributed by atoms with van der Waals surface area (Å²) in [6.07, 6.45) is 0. The van der Waals surface area contributed by atoms with E-state index in [0.717, 1.165) is 54.9 Å². The van der Waals surface area contributed by atoms with E-state index < -0.39 is 0 Å². The van der Waals surface area contributed by atoms with Crippen LogP contribution in [-0.2, 0) is 17.8 Å². The number of carbonyl (C=O) groups excluding carboxylic acids is 1. The molecule has 3 aromatic rings. The van der Waals surface area contributed by atoms with Gasteiger partial charge in [-0.1, -0.05) is 30.3 Å². The van der Waals surface area contributed by atoms with Gasteiger partial charge in [0.2, 0.25) is 0 Å². The molecule has 2 aromatic carbocycles. The van der Waals surface area contributed by atoms with Gasteiger partial charge in [0.1, 0.15) is 0 Å². The summed E-state index contributed by atoms with van der Waals surface area (Å²) in [5.74, 6) is -0.294. The lowest BCUT2D eigenvalue weighted by molar-refractivity contribution is 0.0521. The molecule has 1 fully saturated rings. The molecule has 1 aliphatic rings. The van der Waals surface area contributed by atoms with Crippen LogP contribution in [0.4, 0.5) is 0 Å². The van der Waals surface area contributed by atoms with E-state index in [4.69, 9.17) is 15.0 Å². The van der Waals surface area contributed by atoms with Crippen LogP contribution in [0, 0.1) is 18.3 Å². The predicted octanol–water partition coefficient (Wildman–Crippen LogP) is 3.91. The standard InChI is InChI=1S/C26H28N4O2/c1-3-32-26(31)25-19(2)22-6-4-5-7-23(22)28-24(25)18-30-14-12-29(13-15-30)17-21-10-8-20(16-27)9-11-21/h4-11H,3,12-15,17-18H2,1-2H3. The predicted molar refractivity (Wildman–Crippen MR) is 124 cm³/mol. The highest BCUT2D eigenvalue weighted by molar-refractivity contribution is 5.98. The number of hydrogen-bond acceptors (Lipinski definition) is 6. The molecule has 0 aliphatic carbocycles. The summed E-state index contributed by atoms with van der Waals surface area (Å²) in [6, 6.07) is 17.9. The highest BCUT2D eigenvalue weighted by atomic mass is 16.5. The Labute approximate surface area is 189 Å². The van der Waals surface area contributed by atoms with E-state index in [1.54, 1.807) is 0 Å². The lowest BCUT2D eigenvalue weighted by Crippen LogP contribution is -2.45. The van der Waals surface area contributed by atoms with Crippen molar-refractivity contribution in [2.75, 3.05) is 32.8 Å². The maximum atomic E-state index is 12.8. The minimum Gasteiger partial charge on any atom is -0.462 e. The SMILES string of the molecule is CCOC(=O)c1c(CN2CCN(Cc3ccc(C#N)cc3)CC2)nc2ccccc2c1C. The van der Waals surface area contributed by atoms with E-state index in [0.29, 0.717) is 24.3 Å². The normalized spacial score (nSPS) is 14.9. The molecule has 0 bridgehead atoms. The largest absolute Gasteiger partial charge is 0.462 e. The number of rotatable bonds is 6. The van der Waals surface area contributed by atoms with E-state index in [9.17, 15) is 4.79 Å². The Balaban J connectivity index is 1.47. The van der Waals surface area contributed by atoms with Crippen LogP contribution in [0.1, 0.15) is 39.7 Å². The Kier molecular flexibility index (Phi) is 6.79. The number of carbonyl (C=O) groups is 1. The Hall–Kier alpha value is -3.27. The van der Waals surface area contributed by atoms with Crippen molar-refractivity contribution in [2.24, 2.45) is 0 Å². The first-order chi connectivity index (χ1) is 15.6. The second-order valence-electron chi connectivity index (χ2n) is 8.16. The third-order valence-corrected chi connectivity index (χ3v) is 6.03. The van der Waals surface area contributed by atoms with E-state index in [2.05, 4.69) is 15.9 Å². The van der Waals surface area contributed by atoms with Crippen LogP contribution in [0.3, 0.4) is 0 Å². The van der Waals surface area contributed by atoms with E-state index in [1.165, 1.54) is 5.56 Å². The summed E-state index contributed by atoms with van der Waals surface area (Å²) in [5.41, 5.74) is 5.14. The first-order valence-electron chi connectivity index (χ1n) is 11.1. The average molecular weight is 429 g/mol. The third-order valence-electron chi connectivity index (χ3n) is 6.03. The van der Waals surface area contributed by atoms with Gasteiger partial charge in [-0.3, -0.25) is 14.8 Å². The number of nitriles is 1. The van der Waals surface area contributed by atoms with Gasteiger partial charge < -0.3 is 4.74 Å². The number of nitrogens with zero attached hydrogens (tertiary/aromatic N) is 4. The second-order valence-corrected chi connectivity index (χ2v) is 8.16. The number of para-hydroxylation sites is 1. The van der Waals surface area contributed by atoms with Gasteiger partial charge in [-0.2, -0.15) is 5.26 Å². The molecule has 0 N–H and O–H groups in total. The molecule has 0 amide bonds. The van der Waals surface area contributed by atoms with Gasteiger partial charge in [0.25, 0.3) is 0 Å². The number of aryl methyl sites for hydroxylation is 1. The molecular formula is C26H28N4O2. The third kappa shape index (κ3) is 4.80. The quantitative estimate of drug-likeness (QED) is 0.555. The van der Waals surface area contributed by atoms with Crippen molar-refractivity contribution in [2.45, 2.75) is 26.9 Å². The molecule has 0 saturated carbocycles. The number of esters is 1. The Morgan fingerprint density at radius 1 is 1.03 bits per heavy atom. The number of ether oxygens (including phenoxy) is 1. The number of aromatic nitrogens is 1. The zero-order chi connectivity index (χ0) is 22.5. The van der Waals surface area contributed by atoms with Crippen LogP contribution in [0.15, 0.2) is 48.5 Å². The number of benzene rings is 2. The molecule has 0 radical (unpaired) electrons. The fourth-order valence-corrected chi connectivity index (χ4v) is 4.29. The molecule has 1 aromatic heterocycles. The second kappa shape index (κ2) is 9.90. The fraction of sp³-hybridized carbons (Fsp3) is 0.346. The molecule has 32 heavy (non-hydrogen) atoms. The monoisotopic (exact) mass is 428 g/mol. The Bertz CT molecular complexity index is 1140. The summed E-state index contributed by atoms with van der Waals surface area (Å²) in [5, 5.41) is 9.95. The molecule has 4 rings (SSSR count). The molecule has 0 spiro atoms. The topological polar surface area (TPSA) is 69.5 Å². The van der Waals surface area contributed by atoms with Gasteiger partial charge in [0, 0.05) is 44.7 Å². The molecule has 164 valence electrons. The van der Waals surface area contributed by atoms with Gasteiger partial charge in [0.15, 0.2) is 0 Å². The van der Waals surface area contributed by atoms with Crippen molar-refractivity contribution >= 4 is 16.9 Å². The number of fused-ring (bicyclic) bond motifs is 1. The van der Waals surface area contributed by atoms with Crippen molar-refractivity contribution in [3.63, 3.8) is 0 Å². The summed E-state index contributed by atoms with van der Waals surface area (Å²) in [6.45, 7) is 9.37. The summed E-state index contributed by atoms with van der Waals surface area (Å²) in [4.78, 5) is 22.4. The van der Waals surface area contributed by atoms with Gasteiger partial charge >= 0.3 is 5.97 Å². The molecule has 0 unspecified atom stereocenters. The van der Waals surface area contributed by atoms with Gasteiger partial charge in [-0.05, 0) is 43.2 Å². The zero-order valence-corrected chi connectivity index (χ0v) is 18.7. The first kappa shape index (κ1) is 21.9. The van der Waals surface area contributed by atoms with Crippen LogP contribution < -0.4 is 0 Å².